The molecule has 1 saturated heterocycles. The van der Waals surface area contributed by atoms with Crippen LogP contribution in [-0.4, -0.2) is 35.7 Å². The normalized spacial score (nSPS) is 14.0. The lowest BCUT2D eigenvalue weighted by molar-refractivity contribution is -0.137. The van der Waals surface area contributed by atoms with Gasteiger partial charge in [-0.1, -0.05) is 30.3 Å². The third-order valence-electron chi connectivity index (χ3n) is 5.01. The number of nitrogens with two attached hydrogens (primary N) is 1. The van der Waals surface area contributed by atoms with Crippen molar-refractivity contribution in [2.45, 2.75) is 32.0 Å². The van der Waals surface area contributed by atoms with Crippen LogP contribution >= 0.6 is 0 Å². The average molecular weight is 433 g/mol. The SMILES string of the molecule is NC(=O)CCN(Cc1ccccc1)C(=O)c1cc(N2CCCC2=O)cc(C(F)(F)F)c1. The second-order valence-electron chi connectivity index (χ2n) is 7.34. The maximum absolute atomic E-state index is 13.5. The van der Waals surface area contributed by atoms with E-state index in [4.69, 9.17) is 5.73 Å². The van der Waals surface area contributed by atoms with Gasteiger partial charge in [0.05, 0.1) is 5.56 Å². The monoisotopic (exact) mass is 433 g/mol. The van der Waals surface area contributed by atoms with Gasteiger partial charge in [-0.25, -0.2) is 0 Å². The summed E-state index contributed by atoms with van der Waals surface area (Å²) < 4.78 is 40.5. The Morgan fingerprint density at radius 3 is 2.39 bits per heavy atom. The minimum Gasteiger partial charge on any atom is -0.370 e. The molecule has 2 aromatic carbocycles. The van der Waals surface area contributed by atoms with Crippen molar-refractivity contribution in [2.24, 2.45) is 5.73 Å². The highest BCUT2D eigenvalue weighted by Crippen LogP contribution is 2.34. The smallest absolute Gasteiger partial charge is 0.370 e. The average Bonchev–Trinajstić information content (AvgIpc) is 3.16. The molecule has 2 N–H and O–H groups in total. The molecule has 1 fully saturated rings. The molecule has 0 saturated carbocycles. The fourth-order valence-corrected chi connectivity index (χ4v) is 3.46. The molecule has 0 aliphatic carbocycles. The topological polar surface area (TPSA) is 83.7 Å². The van der Waals surface area contributed by atoms with Crippen LogP contribution in [0.1, 0.15) is 40.7 Å². The zero-order valence-electron chi connectivity index (χ0n) is 16.7. The van der Waals surface area contributed by atoms with Crippen LogP contribution in [0.4, 0.5) is 18.9 Å². The van der Waals surface area contributed by atoms with E-state index in [0.29, 0.717) is 13.0 Å². The Morgan fingerprint density at radius 1 is 1.10 bits per heavy atom. The molecule has 0 atom stereocenters. The summed E-state index contributed by atoms with van der Waals surface area (Å²) in [5.41, 5.74) is 4.78. The van der Waals surface area contributed by atoms with Crippen molar-refractivity contribution >= 4 is 23.4 Å². The molecule has 2 aromatic rings. The van der Waals surface area contributed by atoms with E-state index in [9.17, 15) is 27.6 Å². The molecule has 0 bridgehead atoms. The minimum atomic E-state index is -4.69. The van der Waals surface area contributed by atoms with E-state index >= 15 is 0 Å². The first-order valence-electron chi connectivity index (χ1n) is 9.79. The first-order valence-corrected chi connectivity index (χ1v) is 9.79. The molecule has 0 aromatic heterocycles. The predicted molar refractivity (Wildman–Crippen MR) is 108 cm³/mol. The second kappa shape index (κ2) is 9.20. The number of nitrogens with zero attached hydrogens (tertiary/aromatic N) is 2. The van der Waals surface area contributed by atoms with Gasteiger partial charge in [-0.15, -0.1) is 0 Å². The van der Waals surface area contributed by atoms with Gasteiger partial charge in [0.15, 0.2) is 0 Å². The lowest BCUT2D eigenvalue weighted by Crippen LogP contribution is -2.34. The van der Waals surface area contributed by atoms with Crippen LogP contribution in [0.3, 0.4) is 0 Å². The molecule has 1 aliphatic heterocycles. The molecule has 164 valence electrons. The molecule has 31 heavy (non-hydrogen) atoms. The van der Waals surface area contributed by atoms with Crippen LogP contribution in [0.25, 0.3) is 0 Å². The number of primary amides is 1. The highest BCUT2D eigenvalue weighted by Gasteiger charge is 2.34. The molecule has 0 radical (unpaired) electrons. The molecule has 1 heterocycles. The van der Waals surface area contributed by atoms with Gasteiger partial charge in [0.1, 0.15) is 0 Å². The summed E-state index contributed by atoms with van der Waals surface area (Å²) in [6, 6.07) is 11.8. The Kier molecular flexibility index (Phi) is 6.62. The van der Waals surface area contributed by atoms with Gasteiger partial charge < -0.3 is 15.5 Å². The molecule has 0 spiro atoms. The predicted octanol–water partition coefficient (Wildman–Crippen LogP) is 3.35. The summed E-state index contributed by atoms with van der Waals surface area (Å²) in [5.74, 6) is -1.59. The summed E-state index contributed by atoms with van der Waals surface area (Å²) in [6.45, 7) is 0.349. The molecule has 3 amide bonds. The summed E-state index contributed by atoms with van der Waals surface area (Å²) in [4.78, 5) is 39.1. The number of hydrogen-bond acceptors (Lipinski definition) is 3. The van der Waals surface area contributed by atoms with E-state index in [-0.39, 0.29) is 43.1 Å². The Labute approximate surface area is 177 Å². The van der Waals surface area contributed by atoms with E-state index in [2.05, 4.69) is 0 Å². The summed E-state index contributed by atoms with van der Waals surface area (Å²) >= 11 is 0. The first-order chi connectivity index (χ1) is 14.6. The van der Waals surface area contributed by atoms with Gasteiger partial charge in [-0.3, -0.25) is 14.4 Å². The van der Waals surface area contributed by atoms with Gasteiger partial charge in [0.25, 0.3) is 5.91 Å². The van der Waals surface area contributed by atoms with Gasteiger partial charge in [-0.05, 0) is 30.2 Å². The van der Waals surface area contributed by atoms with Crippen molar-refractivity contribution in [3.8, 4) is 0 Å². The minimum absolute atomic E-state index is 0.0373. The fraction of sp³-hybridized carbons (Fsp3) is 0.318. The van der Waals surface area contributed by atoms with Crippen molar-refractivity contribution in [2.75, 3.05) is 18.0 Å². The van der Waals surface area contributed by atoms with Crippen LogP contribution in [0, 0.1) is 0 Å². The van der Waals surface area contributed by atoms with Gasteiger partial charge in [-0.2, -0.15) is 13.2 Å². The van der Waals surface area contributed by atoms with E-state index in [1.807, 2.05) is 0 Å². The van der Waals surface area contributed by atoms with Gasteiger partial charge in [0.2, 0.25) is 11.8 Å². The molecular formula is C22H22F3N3O3. The second-order valence-corrected chi connectivity index (χ2v) is 7.34. The van der Waals surface area contributed by atoms with Crippen molar-refractivity contribution in [1.29, 1.82) is 0 Å². The third kappa shape index (κ3) is 5.62. The maximum atomic E-state index is 13.5. The Morgan fingerprint density at radius 2 is 1.81 bits per heavy atom. The molecule has 3 rings (SSSR count). The maximum Gasteiger partial charge on any atom is 0.416 e. The Bertz CT molecular complexity index is 977. The number of benzene rings is 2. The van der Waals surface area contributed by atoms with E-state index in [1.54, 1.807) is 30.3 Å². The number of alkyl halides is 3. The van der Waals surface area contributed by atoms with E-state index in [0.717, 1.165) is 17.7 Å². The largest absolute Gasteiger partial charge is 0.416 e. The molecule has 6 nitrogen and oxygen atoms in total. The number of anilines is 1. The van der Waals surface area contributed by atoms with Crippen LogP contribution in [0.5, 0.6) is 0 Å². The summed E-state index contributed by atoms with van der Waals surface area (Å²) in [6.07, 6.45) is -4.03. The third-order valence-corrected chi connectivity index (χ3v) is 5.01. The molecule has 0 unspecified atom stereocenters. The van der Waals surface area contributed by atoms with Crippen molar-refractivity contribution in [3.05, 3.63) is 65.2 Å². The van der Waals surface area contributed by atoms with Gasteiger partial charge in [0, 0.05) is 43.7 Å². The zero-order chi connectivity index (χ0) is 22.6. The molecule has 1 aliphatic rings. The van der Waals surface area contributed by atoms with Crippen LogP contribution < -0.4 is 10.6 Å². The van der Waals surface area contributed by atoms with Crippen molar-refractivity contribution in [3.63, 3.8) is 0 Å². The highest BCUT2D eigenvalue weighted by atomic mass is 19.4. The quantitative estimate of drug-likeness (QED) is 0.727. The van der Waals surface area contributed by atoms with Crippen LogP contribution in [0.15, 0.2) is 48.5 Å². The number of carbonyl (C=O) groups is 3. The lowest BCUT2D eigenvalue weighted by atomic mass is 10.1. The number of amides is 3. The van der Waals surface area contributed by atoms with Crippen LogP contribution in [0.2, 0.25) is 0 Å². The Balaban J connectivity index is 1.98. The lowest BCUT2D eigenvalue weighted by Gasteiger charge is -2.24. The van der Waals surface area contributed by atoms with Crippen molar-refractivity contribution < 1.29 is 27.6 Å². The first kappa shape index (κ1) is 22.3. The summed E-state index contributed by atoms with van der Waals surface area (Å²) in [5, 5.41) is 0. The van der Waals surface area contributed by atoms with Gasteiger partial charge >= 0.3 is 6.18 Å². The zero-order valence-corrected chi connectivity index (χ0v) is 16.7. The Hall–Kier alpha value is -3.36. The number of hydrogen-bond donors (Lipinski definition) is 1. The van der Waals surface area contributed by atoms with Crippen LogP contribution in [-0.2, 0) is 22.3 Å². The van der Waals surface area contributed by atoms with E-state index in [1.165, 1.54) is 15.9 Å². The fourth-order valence-electron chi connectivity index (χ4n) is 3.46. The number of carbonyl (C=O) groups excluding carboxylic acids is 3. The molecular weight excluding hydrogens is 411 g/mol. The number of rotatable bonds is 7. The summed E-state index contributed by atoms with van der Waals surface area (Å²) in [7, 11) is 0. The standard InChI is InChI=1S/C22H22F3N3O3/c23-22(24,25)17-11-16(12-18(13-17)28-9-4-7-20(28)30)21(31)27(10-8-19(26)29)14-15-5-2-1-3-6-15/h1-3,5-6,11-13H,4,7-10,14H2,(H2,26,29). The van der Waals surface area contributed by atoms with Crippen molar-refractivity contribution in [1.82, 2.24) is 4.90 Å². The highest BCUT2D eigenvalue weighted by molar-refractivity contribution is 5.99. The number of halogens is 3. The van der Waals surface area contributed by atoms with E-state index < -0.39 is 23.6 Å². The molecule has 9 heteroatoms.